The van der Waals surface area contributed by atoms with Gasteiger partial charge in [-0.1, -0.05) is 0 Å². The summed E-state index contributed by atoms with van der Waals surface area (Å²) in [5.41, 5.74) is 1.28. The highest BCUT2D eigenvalue weighted by atomic mass is 32.2. The Bertz CT molecular complexity index is 250. The van der Waals surface area contributed by atoms with E-state index in [1.165, 1.54) is 24.3 Å². The first-order valence-corrected chi connectivity index (χ1v) is 6.61. The van der Waals surface area contributed by atoms with E-state index in [0.29, 0.717) is 4.75 Å². The van der Waals surface area contributed by atoms with E-state index < -0.39 is 0 Å². The van der Waals surface area contributed by atoms with Crippen LogP contribution >= 0.6 is 23.1 Å². The fraction of sp³-hybridized carbons (Fsp3) is 0.600. The van der Waals surface area contributed by atoms with Gasteiger partial charge in [-0.2, -0.15) is 23.1 Å². The number of hydrogen-bond donors (Lipinski definition) is 1. The largest absolute Gasteiger partial charge is 0.383 e. The maximum Gasteiger partial charge on any atom is 0.0449 e. The maximum absolute atomic E-state index is 3.50. The minimum Gasteiger partial charge on any atom is -0.383 e. The highest BCUT2D eigenvalue weighted by Crippen LogP contribution is 2.37. The van der Waals surface area contributed by atoms with E-state index in [-0.39, 0.29) is 0 Å². The normalized spacial score (nSPS) is 27.8. The molecule has 3 heteroatoms. The SMILES string of the molecule is CC1(CNc2ccsc2)CCCS1. The quantitative estimate of drug-likeness (QED) is 0.825. The van der Waals surface area contributed by atoms with Crippen LogP contribution in [0.1, 0.15) is 19.8 Å². The summed E-state index contributed by atoms with van der Waals surface area (Å²) >= 11 is 3.86. The first-order valence-electron chi connectivity index (χ1n) is 4.69. The third kappa shape index (κ3) is 2.41. The second-order valence-corrected chi connectivity index (χ2v) is 6.23. The molecule has 0 bridgehead atoms. The molecule has 0 spiro atoms. The molecule has 1 aromatic heterocycles. The molecular formula is C10H15NS2. The predicted molar refractivity (Wildman–Crippen MR) is 62.9 cm³/mol. The van der Waals surface area contributed by atoms with Crippen LogP contribution < -0.4 is 5.32 Å². The van der Waals surface area contributed by atoms with Crippen molar-refractivity contribution < 1.29 is 0 Å². The summed E-state index contributed by atoms with van der Waals surface area (Å²) in [7, 11) is 0. The highest BCUT2D eigenvalue weighted by molar-refractivity contribution is 8.00. The van der Waals surface area contributed by atoms with Crippen LogP contribution in [-0.4, -0.2) is 17.0 Å². The average molecular weight is 213 g/mol. The summed E-state index contributed by atoms with van der Waals surface area (Å²) < 4.78 is 0.474. The Morgan fingerprint density at radius 2 is 2.54 bits per heavy atom. The molecule has 0 radical (unpaired) electrons. The summed E-state index contributed by atoms with van der Waals surface area (Å²) in [4.78, 5) is 0. The zero-order valence-electron chi connectivity index (χ0n) is 7.88. The lowest BCUT2D eigenvalue weighted by Crippen LogP contribution is -2.26. The van der Waals surface area contributed by atoms with Crippen molar-refractivity contribution in [3.63, 3.8) is 0 Å². The van der Waals surface area contributed by atoms with Gasteiger partial charge in [0.1, 0.15) is 0 Å². The number of nitrogens with one attached hydrogen (secondary N) is 1. The monoisotopic (exact) mass is 213 g/mol. The molecule has 2 heterocycles. The Morgan fingerprint density at radius 1 is 1.62 bits per heavy atom. The first kappa shape index (κ1) is 9.41. The van der Waals surface area contributed by atoms with Gasteiger partial charge in [0.05, 0.1) is 0 Å². The number of thioether (sulfide) groups is 1. The molecule has 1 aliphatic rings. The van der Waals surface area contributed by atoms with E-state index in [2.05, 4.69) is 40.8 Å². The molecule has 0 aliphatic carbocycles. The van der Waals surface area contributed by atoms with Gasteiger partial charge in [0.2, 0.25) is 0 Å². The van der Waals surface area contributed by atoms with Crippen LogP contribution in [0.15, 0.2) is 16.8 Å². The molecule has 2 rings (SSSR count). The van der Waals surface area contributed by atoms with Crippen molar-refractivity contribution in [3.8, 4) is 0 Å². The van der Waals surface area contributed by atoms with E-state index in [0.717, 1.165) is 6.54 Å². The van der Waals surface area contributed by atoms with E-state index in [1.807, 2.05) is 0 Å². The van der Waals surface area contributed by atoms with E-state index in [9.17, 15) is 0 Å². The van der Waals surface area contributed by atoms with Crippen LogP contribution in [0.4, 0.5) is 5.69 Å². The van der Waals surface area contributed by atoms with Crippen molar-refractivity contribution >= 4 is 28.8 Å². The van der Waals surface area contributed by atoms with Crippen molar-refractivity contribution in [3.05, 3.63) is 16.8 Å². The summed E-state index contributed by atoms with van der Waals surface area (Å²) in [6, 6.07) is 2.15. The molecule has 1 aromatic rings. The summed E-state index contributed by atoms with van der Waals surface area (Å²) in [6.07, 6.45) is 2.74. The van der Waals surface area contributed by atoms with Crippen molar-refractivity contribution in [2.24, 2.45) is 0 Å². The van der Waals surface area contributed by atoms with Gasteiger partial charge >= 0.3 is 0 Å². The zero-order valence-corrected chi connectivity index (χ0v) is 9.51. The molecular weight excluding hydrogens is 198 g/mol. The van der Waals surface area contributed by atoms with E-state index >= 15 is 0 Å². The first-order chi connectivity index (χ1) is 6.29. The van der Waals surface area contributed by atoms with Gasteiger partial charge in [-0.05, 0) is 37.0 Å². The number of anilines is 1. The zero-order chi connectivity index (χ0) is 9.15. The lowest BCUT2D eigenvalue weighted by molar-refractivity contribution is 0.635. The second kappa shape index (κ2) is 3.93. The van der Waals surface area contributed by atoms with Gasteiger partial charge in [-0.3, -0.25) is 0 Å². The third-order valence-electron chi connectivity index (χ3n) is 2.49. The van der Waals surface area contributed by atoms with Gasteiger partial charge in [0.25, 0.3) is 0 Å². The molecule has 1 saturated heterocycles. The van der Waals surface area contributed by atoms with Gasteiger partial charge in [0.15, 0.2) is 0 Å². The number of rotatable bonds is 3. The standard InChI is InChI=1S/C10H15NS2/c1-10(4-2-5-13-10)8-11-9-3-6-12-7-9/h3,6-7,11H,2,4-5,8H2,1H3. The molecule has 1 unspecified atom stereocenters. The molecule has 0 saturated carbocycles. The molecule has 0 amide bonds. The molecule has 72 valence electrons. The fourth-order valence-electron chi connectivity index (χ4n) is 1.63. The Balaban J connectivity index is 1.85. The van der Waals surface area contributed by atoms with Crippen molar-refractivity contribution in [2.75, 3.05) is 17.6 Å². The topological polar surface area (TPSA) is 12.0 Å². The molecule has 1 fully saturated rings. The molecule has 1 atom stereocenters. The minimum absolute atomic E-state index is 0.474. The maximum atomic E-state index is 3.50. The van der Waals surface area contributed by atoms with Gasteiger partial charge in [-0.25, -0.2) is 0 Å². The lowest BCUT2D eigenvalue weighted by Gasteiger charge is -2.23. The molecule has 0 aromatic carbocycles. The van der Waals surface area contributed by atoms with Crippen LogP contribution in [0, 0.1) is 0 Å². The lowest BCUT2D eigenvalue weighted by atomic mass is 10.1. The van der Waals surface area contributed by atoms with Crippen LogP contribution in [0.3, 0.4) is 0 Å². The van der Waals surface area contributed by atoms with Gasteiger partial charge in [-0.15, -0.1) is 0 Å². The molecule has 1 aliphatic heterocycles. The number of hydrogen-bond acceptors (Lipinski definition) is 3. The van der Waals surface area contributed by atoms with Crippen LogP contribution in [0.25, 0.3) is 0 Å². The van der Waals surface area contributed by atoms with Crippen molar-refractivity contribution in [2.45, 2.75) is 24.5 Å². The van der Waals surface area contributed by atoms with Crippen molar-refractivity contribution in [1.82, 2.24) is 0 Å². The van der Waals surface area contributed by atoms with Crippen LogP contribution in [0.5, 0.6) is 0 Å². The molecule has 13 heavy (non-hydrogen) atoms. The van der Waals surface area contributed by atoms with E-state index in [4.69, 9.17) is 0 Å². The summed E-state index contributed by atoms with van der Waals surface area (Å²) in [5, 5.41) is 7.78. The van der Waals surface area contributed by atoms with Gasteiger partial charge < -0.3 is 5.32 Å². The Hall–Kier alpha value is -0.150. The fourth-order valence-corrected chi connectivity index (χ4v) is 3.49. The average Bonchev–Trinajstić information content (AvgIpc) is 2.72. The molecule has 1 N–H and O–H groups in total. The van der Waals surface area contributed by atoms with Crippen LogP contribution in [0.2, 0.25) is 0 Å². The second-order valence-electron chi connectivity index (χ2n) is 3.77. The van der Waals surface area contributed by atoms with Crippen LogP contribution in [-0.2, 0) is 0 Å². The number of thiophene rings is 1. The Kier molecular flexibility index (Phi) is 2.84. The third-order valence-corrected chi connectivity index (χ3v) is 4.71. The highest BCUT2D eigenvalue weighted by Gasteiger charge is 2.28. The van der Waals surface area contributed by atoms with Gasteiger partial charge in [0, 0.05) is 22.4 Å². The van der Waals surface area contributed by atoms with E-state index in [1.54, 1.807) is 11.3 Å². The Morgan fingerprint density at radius 3 is 3.15 bits per heavy atom. The van der Waals surface area contributed by atoms with Crippen molar-refractivity contribution in [1.29, 1.82) is 0 Å². The predicted octanol–water partition coefficient (Wildman–Crippen LogP) is 3.45. The molecule has 1 nitrogen and oxygen atoms in total. The summed E-state index contributed by atoms with van der Waals surface area (Å²) in [6.45, 7) is 3.47. The minimum atomic E-state index is 0.474. The summed E-state index contributed by atoms with van der Waals surface area (Å²) in [5.74, 6) is 1.34. The smallest absolute Gasteiger partial charge is 0.0449 e. The Labute approximate surface area is 87.9 Å².